The molecule has 0 aromatic rings. The first kappa shape index (κ1) is 19.0. The van der Waals surface area contributed by atoms with Gasteiger partial charge in [-0.15, -0.1) is 0 Å². The summed E-state index contributed by atoms with van der Waals surface area (Å²) in [7, 11) is 1.55. The second kappa shape index (κ2) is 8.54. The lowest BCUT2D eigenvalue weighted by Gasteiger charge is -2.31. The van der Waals surface area contributed by atoms with Gasteiger partial charge in [0.2, 0.25) is 0 Å². The lowest BCUT2D eigenvalue weighted by Crippen LogP contribution is -2.27. The smallest absolute Gasteiger partial charge is 0.337 e. The maximum atomic E-state index is 12.1. The van der Waals surface area contributed by atoms with Gasteiger partial charge in [-0.05, 0) is 44.4 Å². The van der Waals surface area contributed by atoms with Gasteiger partial charge in [0.15, 0.2) is 0 Å². The highest BCUT2D eigenvalue weighted by atomic mass is 16.6. The summed E-state index contributed by atoms with van der Waals surface area (Å²) in [5.74, 6) is -0.0858. The van der Waals surface area contributed by atoms with Crippen molar-refractivity contribution < 1.29 is 14.3 Å². The Balaban J connectivity index is 3.01. The number of methoxy groups -OCH3 is 1. The van der Waals surface area contributed by atoms with Crippen molar-refractivity contribution in [3.8, 4) is 0 Å². The fourth-order valence-electron chi connectivity index (χ4n) is 2.27. The van der Waals surface area contributed by atoms with Crippen LogP contribution in [0.1, 0.15) is 34.6 Å². The molecular weight excluding hydrogens is 292 g/mol. The minimum Gasteiger partial charge on any atom is -0.468 e. The first-order chi connectivity index (χ1) is 10.8. The largest absolute Gasteiger partial charge is 0.468 e. The number of allylic oxidation sites excluding steroid dienone is 5. The van der Waals surface area contributed by atoms with E-state index in [1.807, 2.05) is 26.0 Å². The molecule has 1 rings (SSSR count). The number of carbonyl (C=O) groups is 1. The minimum absolute atomic E-state index is 0.0104. The third-order valence-electron chi connectivity index (χ3n) is 3.56. The van der Waals surface area contributed by atoms with Gasteiger partial charge in [0.1, 0.15) is 6.61 Å². The van der Waals surface area contributed by atoms with Gasteiger partial charge >= 0.3 is 5.97 Å². The molecule has 0 saturated heterocycles. The molecule has 1 atom stereocenters. The summed E-state index contributed by atoms with van der Waals surface area (Å²) in [5.41, 5.74) is 2.65. The number of carbonyl (C=O) groups excluding carboxylic acids is 1. The van der Waals surface area contributed by atoms with Gasteiger partial charge in [0.25, 0.3) is 5.70 Å². The molecule has 1 heterocycles. The molecule has 5 heteroatoms. The Morgan fingerprint density at radius 3 is 2.26 bits per heavy atom. The molecule has 23 heavy (non-hydrogen) atoms. The third-order valence-corrected chi connectivity index (χ3v) is 3.56. The molecule has 1 aliphatic rings. The van der Waals surface area contributed by atoms with E-state index in [2.05, 4.69) is 23.6 Å². The van der Waals surface area contributed by atoms with E-state index >= 15 is 0 Å². The van der Waals surface area contributed by atoms with Crippen LogP contribution in [0.5, 0.6) is 0 Å². The highest BCUT2D eigenvalue weighted by molar-refractivity contribution is 5.92. The van der Waals surface area contributed by atoms with Crippen molar-refractivity contribution in [2.45, 2.75) is 40.7 Å². The molecule has 1 unspecified atom stereocenters. The Kier molecular flexibility index (Phi) is 7.05. The van der Waals surface area contributed by atoms with E-state index in [1.165, 1.54) is 0 Å². The Labute approximate surface area is 139 Å². The van der Waals surface area contributed by atoms with E-state index in [0.717, 1.165) is 17.9 Å². The first-order valence-electron chi connectivity index (χ1n) is 7.75. The Bertz CT molecular complexity index is 558. The van der Waals surface area contributed by atoms with E-state index in [4.69, 9.17) is 16.0 Å². The van der Waals surface area contributed by atoms with Gasteiger partial charge < -0.3 is 14.4 Å². The summed E-state index contributed by atoms with van der Waals surface area (Å²) in [6.07, 6.45) is 3.53. The van der Waals surface area contributed by atoms with Crippen molar-refractivity contribution in [3.05, 3.63) is 46.2 Å². The van der Waals surface area contributed by atoms with E-state index in [9.17, 15) is 4.79 Å². The molecule has 1 aliphatic heterocycles. The van der Waals surface area contributed by atoms with Crippen LogP contribution in [0.4, 0.5) is 0 Å². The molecule has 0 bridgehead atoms. The average Bonchev–Trinajstić information content (AvgIpc) is 2.49. The number of nitrogens with zero attached hydrogens (tertiary/aromatic N) is 2. The number of hydrogen-bond donors (Lipinski definition) is 0. The van der Waals surface area contributed by atoms with Crippen LogP contribution in [-0.4, -0.2) is 37.2 Å². The van der Waals surface area contributed by atoms with E-state index < -0.39 is 5.97 Å². The van der Waals surface area contributed by atoms with Crippen LogP contribution in [0, 0.1) is 12.5 Å². The van der Waals surface area contributed by atoms with E-state index in [1.54, 1.807) is 14.0 Å². The van der Waals surface area contributed by atoms with Gasteiger partial charge in [0, 0.05) is 25.0 Å². The molecule has 0 amide bonds. The fraction of sp³-hybridized carbons (Fsp3) is 0.556. The fourth-order valence-corrected chi connectivity index (χ4v) is 2.27. The van der Waals surface area contributed by atoms with Crippen molar-refractivity contribution in [1.29, 1.82) is 0 Å². The maximum Gasteiger partial charge on any atom is 0.337 e. The summed E-state index contributed by atoms with van der Waals surface area (Å²) in [6.45, 7) is 18.4. The summed E-state index contributed by atoms with van der Waals surface area (Å²) < 4.78 is 10.2. The maximum absolute atomic E-state index is 12.1. The zero-order chi connectivity index (χ0) is 17.6. The minimum atomic E-state index is -0.607. The molecule has 0 spiro atoms. The highest BCUT2D eigenvalue weighted by Crippen LogP contribution is 2.26. The molecule has 0 fully saturated rings. The summed E-state index contributed by atoms with van der Waals surface area (Å²) in [5, 5.41) is 0. The quantitative estimate of drug-likeness (QED) is 0.427. The lowest BCUT2D eigenvalue weighted by atomic mass is 10.0. The van der Waals surface area contributed by atoms with Crippen molar-refractivity contribution in [2.75, 3.05) is 20.3 Å². The van der Waals surface area contributed by atoms with Crippen LogP contribution in [-0.2, 0) is 14.3 Å². The zero-order valence-corrected chi connectivity index (χ0v) is 14.8. The second-order valence-electron chi connectivity index (χ2n) is 6.14. The summed E-state index contributed by atoms with van der Waals surface area (Å²) >= 11 is 0. The average molecular weight is 318 g/mol. The molecule has 126 valence electrons. The number of ether oxygens (including phenoxy) is 2. The van der Waals surface area contributed by atoms with Crippen LogP contribution in [0.2, 0.25) is 0 Å². The molecular formula is C18H26N2O3. The van der Waals surface area contributed by atoms with Crippen molar-refractivity contribution in [2.24, 2.45) is 5.92 Å². The van der Waals surface area contributed by atoms with Crippen LogP contribution in [0.15, 0.2) is 34.8 Å². The molecule has 0 saturated carbocycles. The van der Waals surface area contributed by atoms with E-state index in [0.29, 0.717) is 11.5 Å². The van der Waals surface area contributed by atoms with Gasteiger partial charge in [-0.3, -0.25) is 4.79 Å². The van der Waals surface area contributed by atoms with Crippen LogP contribution >= 0.6 is 0 Å². The number of esters is 1. The van der Waals surface area contributed by atoms with Gasteiger partial charge in [-0.1, -0.05) is 13.8 Å². The second-order valence-corrected chi connectivity index (χ2v) is 6.14. The predicted molar refractivity (Wildman–Crippen MR) is 90.1 cm³/mol. The Hall–Kier alpha value is -2.06. The normalized spacial score (nSPS) is 15.7. The SMILES string of the molecule is [C-]#[N+]C(C(=O)OCC(C)OC)=C1C=C(C)N(CC(C)C)C(C)=C1. The van der Waals surface area contributed by atoms with Crippen LogP contribution in [0.25, 0.3) is 4.85 Å². The summed E-state index contributed by atoms with van der Waals surface area (Å²) in [6, 6.07) is 0. The van der Waals surface area contributed by atoms with Crippen LogP contribution < -0.4 is 0 Å². The van der Waals surface area contributed by atoms with Crippen molar-refractivity contribution in [1.82, 2.24) is 4.90 Å². The zero-order valence-electron chi connectivity index (χ0n) is 14.8. The standard InChI is InChI=1S/C18H26N2O3/c1-12(2)10-20-13(3)8-16(9-14(20)4)17(19-6)18(21)23-11-15(5)22-7/h8-9,12,15H,10-11H2,1-5,7H3. The topological polar surface area (TPSA) is 43.1 Å². The molecule has 0 radical (unpaired) electrons. The van der Waals surface area contributed by atoms with Crippen molar-refractivity contribution >= 4 is 5.97 Å². The number of rotatable bonds is 6. The van der Waals surface area contributed by atoms with Crippen molar-refractivity contribution in [3.63, 3.8) is 0 Å². The van der Waals surface area contributed by atoms with Gasteiger partial charge in [-0.25, -0.2) is 4.85 Å². The predicted octanol–water partition coefficient (Wildman–Crippen LogP) is 3.52. The number of hydrogen-bond acceptors (Lipinski definition) is 4. The molecule has 0 aromatic heterocycles. The van der Waals surface area contributed by atoms with Gasteiger partial charge in [-0.2, -0.15) is 0 Å². The molecule has 5 nitrogen and oxygen atoms in total. The third kappa shape index (κ3) is 5.26. The highest BCUT2D eigenvalue weighted by Gasteiger charge is 2.21. The monoisotopic (exact) mass is 318 g/mol. The van der Waals surface area contributed by atoms with E-state index in [-0.39, 0.29) is 18.4 Å². The van der Waals surface area contributed by atoms with Gasteiger partial charge in [0.05, 0.1) is 12.7 Å². The summed E-state index contributed by atoms with van der Waals surface area (Å²) in [4.78, 5) is 17.7. The Morgan fingerprint density at radius 1 is 1.26 bits per heavy atom. The Morgan fingerprint density at radius 2 is 1.83 bits per heavy atom. The molecule has 0 aromatic carbocycles. The molecule has 0 aliphatic carbocycles. The molecule has 0 N–H and O–H groups in total. The first-order valence-corrected chi connectivity index (χ1v) is 7.75. The van der Waals surface area contributed by atoms with Crippen LogP contribution in [0.3, 0.4) is 0 Å². The lowest BCUT2D eigenvalue weighted by molar-refractivity contribution is -0.141.